The molecule has 0 aliphatic carbocycles. The number of nitrogens with two attached hydrogens (primary N) is 1. The third-order valence-electron chi connectivity index (χ3n) is 6.30. The summed E-state index contributed by atoms with van der Waals surface area (Å²) in [7, 11) is 0. The van der Waals surface area contributed by atoms with Gasteiger partial charge in [0.15, 0.2) is 23.9 Å². The molecule has 0 aliphatic heterocycles. The van der Waals surface area contributed by atoms with E-state index >= 15 is 0 Å². The van der Waals surface area contributed by atoms with Crippen molar-refractivity contribution in [1.29, 1.82) is 0 Å². The van der Waals surface area contributed by atoms with E-state index in [9.17, 15) is 9.59 Å². The Labute approximate surface area is 213 Å². The Morgan fingerprint density at radius 3 is 2.70 bits per heavy atom. The first-order chi connectivity index (χ1) is 18.1. The Kier molecular flexibility index (Phi) is 7.16. The van der Waals surface area contributed by atoms with Crippen molar-refractivity contribution < 1.29 is 14.0 Å². The number of nitrogens with one attached hydrogen (secondary N) is 2. The number of carbonyl (C=O) groups excluding carboxylic acids is 2. The SMILES string of the molecule is Nc1ncnc2c1ncn2CCCC(=O)NCCCCNC(=O)c1ccc2c[n+]3ccccc3cc2c1. The molecule has 0 atom stereocenters. The summed E-state index contributed by atoms with van der Waals surface area (Å²) in [6, 6.07) is 13.8. The van der Waals surface area contributed by atoms with Crippen LogP contribution >= 0.6 is 0 Å². The predicted molar refractivity (Wildman–Crippen MR) is 141 cm³/mol. The number of carbonyl (C=O) groups is 2. The second kappa shape index (κ2) is 11.0. The standard InChI is InChI=1S/C27H28N8O2/c28-25-24-26(32-17-31-25)35(18-33-24)13-5-7-23(36)29-10-2-3-11-30-27(37)19-8-9-20-16-34-12-4-1-6-22(34)15-21(20)14-19/h1,4,6,8-9,12,14-18H,2-3,5,7,10-11,13H2,(H3-,28,29,30,31,32,36,37)/p+1. The highest BCUT2D eigenvalue weighted by Gasteiger charge is 2.10. The van der Waals surface area contributed by atoms with E-state index in [4.69, 9.17) is 5.73 Å². The second-order valence-electron chi connectivity index (χ2n) is 8.94. The van der Waals surface area contributed by atoms with Gasteiger partial charge in [0.25, 0.3) is 5.91 Å². The van der Waals surface area contributed by atoms with Gasteiger partial charge < -0.3 is 20.9 Å². The van der Waals surface area contributed by atoms with Gasteiger partial charge in [-0.3, -0.25) is 9.59 Å². The molecule has 4 N–H and O–H groups in total. The molecule has 0 bridgehead atoms. The highest BCUT2D eigenvalue weighted by Crippen LogP contribution is 2.17. The zero-order valence-electron chi connectivity index (χ0n) is 20.4. The number of pyridine rings is 2. The number of aromatic nitrogens is 5. The van der Waals surface area contributed by atoms with Crippen LogP contribution in [-0.2, 0) is 11.3 Å². The van der Waals surface area contributed by atoms with E-state index < -0.39 is 0 Å². The molecule has 0 spiro atoms. The molecule has 0 radical (unpaired) electrons. The monoisotopic (exact) mass is 497 g/mol. The van der Waals surface area contributed by atoms with Gasteiger partial charge in [-0.25, -0.2) is 15.0 Å². The molecule has 4 heterocycles. The molecule has 10 heteroatoms. The first kappa shape index (κ1) is 24.1. The molecule has 5 aromatic rings. The molecule has 37 heavy (non-hydrogen) atoms. The highest BCUT2D eigenvalue weighted by atomic mass is 16.2. The van der Waals surface area contributed by atoms with E-state index in [1.54, 1.807) is 6.33 Å². The van der Waals surface area contributed by atoms with E-state index in [1.807, 2.05) is 47.2 Å². The number of benzene rings is 1. The van der Waals surface area contributed by atoms with Gasteiger partial charge in [0.05, 0.1) is 6.33 Å². The molecule has 188 valence electrons. The molecular formula is C27H29N8O2+. The van der Waals surface area contributed by atoms with Crippen molar-refractivity contribution in [3.8, 4) is 0 Å². The molecule has 0 saturated heterocycles. The van der Waals surface area contributed by atoms with Gasteiger partial charge in [0, 0.05) is 55.2 Å². The van der Waals surface area contributed by atoms with Crippen LogP contribution in [0.2, 0.25) is 0 Å². The van der Waals surface area contributed by atoms with Gasteiger partial charge in [-0.05, 0) is 48.9 Å². The summed E-state index contributed by atoms with van der Waals surface area (Å²) in [5.74, 6) is 0.262. The van der Waals surface area contributed by atoms with Crippen molar-refractivity contribution in [1.82, 2.24) is 30.2 Å². The fourth-order valence-electron chi connectivity index (χ4n) is 4.32. The van der Waals surface area contributed by atoms with Crippen LogP contribution in [0.25, 0.3) is 27.5 Å². The lowest BCUT2D eigenvalue weighted by molar-refractivity contribution is -0.510. The van der Waals surface area contributed by atoms with Crippen LogP contribution in [0.5, 0.6) is 0 Å². The lowest BCUT2D eigenvalue weighted by Gasteiger charge is -2.08. The molecule has 4 aromatic heterocycles. The first-order valence-electron chi connectivity index (χ1n) is 12.4. The minimum atomic E-state index is -0.0919. The molecule has 2 amide bonds. The Morgan fingerprint density at radius 1 is 0.946 bits per heavy atom. The smallest absolute Gasteiger partial charge is 0.251 e. The first-order valence-corrected chi connectivity index (χ1v) is 12.4. The number of anilines is 1. The molecule has 0 aliphatic rings. The maximum Gasteiger partial charge on any atom is 0.251 e. The number of hydrogen-bond acceptors (Lipinski definition) is 6. The maximum absolute atomic E-state index is 12.6. The zero-order valence-corrected chi connectivity index (χ0v) is 20.4. The summed E-state index contributed by atoms with van der Waals surface area (Å²) in [4.78, 5) is 37.1. The summed E-state index contributed by atoms with van der Waals surface area (Å²) < 4.78 is 3.94. The minimum absolute atomic E-state index is 0.00412. The maximum atomic E-state index is 12.6. The van der Waals surface area contributed by atoms with E-state index in [-0.39, 0.29) is 11.8 Å². The van der Waals surface area contributed by atoms with Crippen molar-refractivity contribution in [3.05, 3.63) is 73.1 Å². The Bertz CT molecular complexity index is 1580. The Balaban J connectivity index is 1.00. The number of rotatable bonds is 10. The third kappa shape index (κ3) is 5.64. The molecular weight excluding hydrogens is 468 g/mol. The number of unbranched alkanes of at least 4 members (excludes halogenated alkanes) is 1. The molecule has 5 rings (SSSR count). The summed E-state index contributed by atoms with van der Waals surface area (Å²) >= 11 is 0. The van der Waals surface area contributed by atoms with Crippen molar-refractivity contribution in [2.75, 3.05) is 18.8 Å². The number of hydrogen-bond donors (Lipinski definition) is 3. The number of amides is 2. The number of nitrogen functional groups attached to an aromatic ring is 1. The number of imidazole rings is 1. The number of aryl methyl sites for hydroxylation is 1. The van der Waals surface area contributed by atoms with E-state index in [0.29, 0.717) is 55.0 Å². The van der Waals surface area contributed by atoms with Crippen LogP contribution in [0.3, 0.4) is 0 Å². The summed E-state index contributed by atoms with van der Waals surface area (Å²) in [6.45, 7) is 1.75. The van der Waals surface area contributed by atoms with Gasteiger partial charge in [0.1, 0.15) is 11.8 Å². The second-order valence-corrected chi connectivity index (χ2v) is 8.94. The van der Waals surface area contributed by atoms with Crippen molar-refractivity contribution >= 4 is 45.1 Å². The molecule has 0 fully saturated rings. The topological polar surface area (TPSA) is 132 Å². The Morgan fingerprint density at radius 2 is 1.81 bits per heavy atom. The lowest BCUT2D eigenvalue weighted by Crippen LogP contribution is -2.27. The van der Waals surface area contributed by atoms with Crippen LogP contribution in [-0.4, -0.2) is 44.4 Å². The third-order valence-corrected chi connectivity index (χ3v) is 6.30. The normalized spacial score (nSPS) is 11.2. The summed E-state index contributed by atoms with van der Waals surface area (Å²) in [6.07, 6.45) is 9.79. The van der Waals surface area contributed by atoms with Crippen molar-refractivity contribution in [2.45, 2.75) is 32.2 Å². The average Bonchev–Trinajstić information content (AvgIpc) is 3.33. The van der Waals surface area contributed by atoms with Crippen LogP contribution in [0.4, 0.5) is 5.82 Å². The minimum Gasteiger partial charge on any atom is -0.382 e. The molecule has 10 nitrogen and oxygen atoms in total. The number of nitrogens with zero attached hydrogens (tertiary/aromatic N) is 5. The van der Waals surface area contributed by atoms with E-state index in [0.717, 1.165) is 29.1 Å². The summed E-state index contributed by atoms with van der Waals surface area (Å²) in [5, 5.41) is 8.02. The fraction of sp³-hybridized carbons (Fsp3) is 0.259. The van der Waals surface area contributed by atoms with E-state index in [2.05, 4.69) is 42.2 Å². The van der Waals surface area contributed by atoms with E-state index in [1.165, 1.54) is 6.33 Å². The lowest BCUT2D eigenvalue weighted by atomic mass is 10.1. The van der Waals surface area contributed by atoms with Gasteiger partial charge in [-0.15, -0.1) is 0 Å². The molecule has 1 aromatic carbocycles. The quantitative estimate of drug-likeness (QED) is 0.154. The van der Waals surface area contributed by atoms with Gasteiger partial charge in [-0.2, -0.15) is 4.40 Å². The van der Waals surface area contributed by atoms with Crippen LogP contribution < -0.4 is 20.8 Å². The molecule has 0 saturated carbocycles. The van der Waals surface area contributed by atoms with Gasteiger partial charge >= 0.3 is 0 Å². The van der Waals surface area contributed by atoms with Crippen LogP contribution in [0, 0.1) is 0 Å². The van der Waals surface area contributed by atoms with Crippen molar-refractivity contribution in [2.24, 2.45) is 0 Å². The van der Waals surface area contributed by atoms with Gasteiger partial charge in [0.2, 0.25) is 11.4 Å². The Hall–Kier alpha value is -4.60. The average molecular weight is 498 g/mol. The zero-order chi connectivity index (χ0) is 25.6. The van der Waals surface area contributed by atoms with Crippen molar-refractivity contribution in [3.63, 3.8) is 0 Å². The van der Waals surface area contributed by atoms with Crippen LogP contribution in [0.15, 0.2) is 67.5 Å². The largest absolute Gasteiger partial charge is 0.382 e. The number of fused-ring (bicyclic) bond motifs is 3. The van der Waals surface area contributed by atoms with Crippen LogP contribution in [0.1, 0.15) is 36.0 Å². The predicted octanol–water partition coefficient (Wildman–Crippen LogP) is 2.41. The summed E-state index contributed by atoms with van der Waals surface area (Å²) in [5.41, 5.74) is 8.77. The molecule has 0 unspecified atom stereocenters. The fourth-order valence-corrected chi connectivity index (χ4v) is 4.32. The highest BCUT2D eigenvalue weighted by molar-refractivity contribution is 5.98. The van der Waals surface area contributed by atoms with Gasteiger partial charge in [-0.1, -0.05) is 0 Å².